The minimum Gasteiger partial charge on any atom is -0.451 e. The molecule has 10 heteroatoms. The van der Waals surface area contributed by atoms with E-state index in [4.69, 9.17) is 4.42 Å². The van der Waals surface area contributed by atoms with Crippen molar-refractivity contribution in [2.75, 3.05) is 32.4 Å². The average molecular weight is 507 g/mol. The van der Waals surface area contributed by atoms with Gasteiger partial charge in [0.15, 0.2) is 5.76 Å². The number of aromatic nitrogens is 1. The van der Waals surface area contributed by atoms with Gasteiger partial charge in [-0.05, 0) is 61.3 Å². The van der Waals surface area contributed by atoms with Gasteiger partial charge in [0.2, 0.25) is 0 Å². The van der Waals surface area contributed by atoms with Gasteiger partial charge in [-0.1, -0.05) is 12.1 Å². The Hall–Kier alpha value is -3.66. The summed E-state index contributed by atoms with van der Waals surface area (Å²) in [4.78, 5) is 45.2. The van der Waals surface area contributed by atoms with Crippen molar-refractivity contribution in [1.29, 1.82) is 0 Å². The molecule has 186 valence electrons. The van der Waals surface area contributed by atoms with Gasteiger partial charge in [-0.2, -0.15) is 0 Å². The van der Waals surface area contributed by atoms with Gasteiger partial charge >= 0.3 is 0 Å². The summed E-state index contributed by atoms with van der Waals surface area (Å²) in [5.41, 5.74) is 0.895. The van der Waals surface area contributed by atoms with E-state index in [1.54, 1.807) is 47.5 Å². The van der Waals surface area contributed by atoms with E-state index in [9.17, 15) is 19.7 Å². The molecule has 0 N–H and O–H groups in total. The molecule has 2 aromatic heterocycles. The third-order valence-corrected chi connectivity index (χ3v) is 7.93. The number of furan rings is 1. The second kappa shape index (κ2) is 9.77. The van der Waals surface area contributed by atoms with Gasteiger partial charge in [-0.25, -0.2) is 4.98 Å². The van der Waals surface area contributed by atoms with E-state index < -0.39 is 4.92 Å². The summed E-state index contributed by atoms with van der Waals surface area (Å²) < 4.78 is 5.77. The first-order valence-corrected chi connectivity index (χ1v) is 13.0. The van der Waals surface area contributed by atoms with Gasteiger partial charge in [-0.3, -0.25) is 19.7 Å². The molecule has 0 saturated carbocycles. The maximum Gasteiger partial charge on any atom is 0.289 e. The van der Waals surface area contributed by atoms with Crippen LogP contribution in [0.15, 0.2) is 64.2 Å². The van der Waals surface area contributed by atoms with Crippen molar-refractivity contribution in [2.24, 2.45) is 5.41 Å². The first-order valence-electron chi connectivity index (χ1n) is 11.8. The molecular formula is C26H26N4O5S. The number of amides is 2. The molecule has 2 aliphatic heterocycles. The highest BCUT2D eigenvalue weighted by Gasteiger charge is 2.43. The van der Waals surface area contributed by atoms with Crippen molar-refractivity contribution in [3.8, 4) is 11.3 Å². The topological polar surface area (TPSA) is 110 Å². The van der Waals surface area contributed by atoms with Crippen LogP contribution in [0.4, 0.5) is 5.69 Å². The standard InChI is InChI=1S/C26H26N4O5S/c1-36-23-19(6-4-13-27-23)24(31)28-14-10-26(11-15-28)12-16-29(17-26)25(32)22-9-8-21(35-22)18-5-2-3-7-20(18)30(33)34/h2-9,13H,10-12,14-17H2,1H3. The van der Waals surface area contributed by atoms with Crippen molar-refractivity contribution in [1.82, 2.24) is 14.8 Å². The molecule has 0 aliphatic carbocycles. The predicted octanol–water partition coefficient (Wildman–Crippen LogP) is 4.74. The first-order chi connectivity index (χ1) is 17.4. The minimum absolute atomic E-state index is 0.00588. The Kier molecular flexibility index (Phi) is 6.53. The first kappa shape index (κ1) is 24.1. The Labute approximate surface area is 212 Å². The van der Waals surface area contributed by atoms with Crippen molar-refractivity contribution >= 4 is 29.3 Å². The molecule has 4 heterocycles. The molecule has 0 radical (unpaired) electrons. The van der Waals surface area contributed by atoms with Crippen molar-refractivity contribution in [3.05, 3.63) is 76.2 Å². The fourth-order valence-corrected chi connectivity index (χ4v) is 5.72. The van der Waals surface area contributed by atoms with Crippen LogP contribution in [0.5, 0.6) is 0 Å². The van der Waals surface area contributed by atoms with Crippen molar-refractivity contribution in [3.63, 3.8) is 0 Å². The van der Waals surface area contributed by atoms with Gasteiger partial charge in [0, 0.05) is 38.4 Å². The minimum atomic E-state index is -0.461. The molecule has 0 atom stereocenters. The summed E-state index contributed by atoms with van der Waals surface area (Å²) in [7, 11) is 0. The molecule has 9 nitrogen and oxygen atoms in total. The number of rotatable bonds is 5. The lowest BCUT2D eigenvalue weighted by Crippen LogP contribution is -2.44. The highest BCUT2D eigenvalue weighted by Crippen LogP contribution is 2.41. The van der Waals surface area contributed by atoms with Crippen LogP contribution >= 0.6 is 11.8 Å². The molecule has 3 aromatic rings. The number of carbonyl (C=O) groups excluding carboxylic acids is 2. The second-order valence-electron chi connectivity index (χ2n) is 9.27. The maximum absolute atomic E-state index is 13.2. The summed E-state index contributed by atoms with van der Waals surface area (Å²) in [6.07, 6.45) is 6.15. The zero-order chi connectivity index (χ0) is 25.3. The number of thioether (sulfide) groups is 1. The van der Waals surface area contributed by atoms with Crippen LogP contribution in [-0.4, -0.2) is 64.0 Å². The summed E-state index contributed by atoms with van der Waals surface area (Å²) in [5.74, 6) is 0.266. The third kappa shape index (κ3) is 4.48. The number of nitrogens with zero attached hydrogens (tertiary/aromatic N) is 4. The van der Waals surface area contributed by atoms with Crippen LogP contribution in [0.1, 0.15) is 40.2 Å². The summed E-state index contributed by atoms with van der Waals surface area (Å²) >= 11 is 1.47. The van der Waals surface area contributed by atoms with E-state index >= 15 is 0 Å². The molecule has 2 amide bonds. The maximum atomic E-state index is 13.2. The molecule has 1 spiro atoms. The highest BCUT2D eigenvalue weighted by atomic mass is 32.2. The quantitative estimate of drug-likeness (QED) is 0.279. The summed E-state index contributed by atoms with van der Waals surface area (Å²) in [6, 6.07) is 13.1. The fraction of sp³-hybridized carbons (Fsp3) is 0.346. The number of carbonyl (C=O) groups is 2. The van der Waals surface area contributed by atoms with E-state index in [2.05, 4.69) is 4.98 Å². The molecule has 1 aromatic carbocycles. The number of pyridine rings is 1. The Morgan fingerprint density at radius 3 is 2.44 bits per heavy atom. The molecule has 2 saturated heterocycles. The Morgan fingerprint density at radius 1 is 1.00 bits per heavy atom. The van der Waals surface area contributed by atoms with Crippen LogP contribution in [0, 0.1) is 15.5 Å². The zero-order valence-electron chi connectivity index (χ0n) is 19.9. The smallest absolute Gasteiger partial charge is 0.289 e. The normalized spacial score (nSPS) is 16.9. The lowest BCUT2D eigenvalue weighted by molar-refractivity contribution is -0.384. The number of likely N-dealkylation sites (tertiary alicyclic amines) is 2. The number of nitro groups is 1. The second-order valence-corrected chi connectivity index (χ2v) is 10.1. The molecule has 2 aliphatic rings. The van der Waals surface area contributed by atoms with Crippen LogP contribution in [0.25, 0.3) is 11.3 Å². The number of nitro benzene ring substituents is 1. The predicted molar refractivity (Wildman–Crippen MR) is 135 cm³/mol. The molecule has 2 fully saturated rings. The Balaban J connectivity index is 1.23. The van der Waals surface area contributed by atoms with E-state index in [1.807, 2.05) is 17.2 Å². The summed E-state index contributed by atoms with van der Waals surface area (Å²) in [6.45, 7) is 2.52. The van der Waals surface area contributed by atoms with E-state index in [0.717, 1.165) is 24.3 Å². The number of hydrogen-bond donors (Lipinski definition) is 0. The lowest BCUT2D eigenvalue weighted by Gasteiger charge is -2.39. The zero-order valence-corrected chi connectivity index (χ0v) is 20.7. The lowest BCUT2D eigenvalue weighted by atomic mass is 9.77. The van der Waals surface area contributed by atoms with Crippen LogP contribution in [-0.2, 0) is 0 Å². The highest BCUT2D eigenvalue weighted by molar-refractivity contribution is 7.98. The van der Waals surface area contributed by atoms with Gasteiger partial charge < -0.3 is 14.2 Å². The molecule has 0 bridgehead atoms. The van der Waals surface area contributed by atoms with Gasteiger partial charge in [-0.15, -0.1) is 11.8 Å². The number of piperidine rings is 1. The molecule has 36 heavy (non-hydrogen) atoms. The van der Waals surface area contributed by atoms with Crippen LogP contribution < -0.4 is 0 Å². The van der Waals surface area contributed by atoms with Crippen LogP contribution in [0.2, 0.25) is 0 Å². The number of para-hydroxylation sites is 1. The number of hydrogen-bond acceptors (Lipinski definition) is 7. The monoisotopic (exact) mass is 506 g/mol. The molecular weight excluding hydrogens is 480 g/mol. The summed E-state index contributed by atoms with van der Waals surface area (Å²) in [5, 5.41) is 12.1. The molecule has 0 unspecified atom stereocenters. The number of benzene rings is 1. The molecule has 5 rings (SSSR count). The van der Waals surface area contributed by atoms with E-state index in [0.29, 0.717) is 43.1 Å². The SMILES string of the molecule is CSc1ncccc1C(=O)N1CCC2(CCN(C(=O)c3ccc(-c4ccccc4[N+](=O)[O-])o3)C2)CC1. The van der Waals surface area contributed by atoms with Crippen molar-refractivity contribution in [2.45, 2.75) is 24.3 Å². The van der Waals surface area contributed by atoms with Gasteiger partial charge in [0.1, 0.15) is 10.8 Å². The largest absolute Gasteiger partial charge is 0.451 e. The van der Waals surface area contributed by atoms with Crippen molar-refractivity contribution < 1.29 is 18.9 Å². The van der Waals surface area contributed by atoms with Gasteiger partial charge in [0.25, 0.3) is 17.5 Å². The average Bonchev–Trinajstić information content (AvgIpc) is 3.56. The Morgan fingerprint density at radius 2 is 1.72 bits per heavy atom. The Bertz CT molecular complexity index is 1310. The van der Waals surface area contributed by atoms with E-state index in [-0.39, 0.29) is 28.7 Å². The fourth-order valence-electron chi connectivity index (χ4n) is 5.18. The van der Waals surface area contributed by atoms with Crippen LogP contribution in [0.3, 0.4) is 0 Å². The van der Waals surface area contributed by atoms with E-state index in [1.165, 1.54) is 17.8 Å². The van der Waals surface area contributed by atoms with Gasteiger partial charge in [0.05, 0.1) is 16.1 Å². The third-order valence-electron chi connectivity index (χ3n) is 7.21.